The summed E-state index contributed by atoms with van der Waals surface area (Å²) in [5.41, 5.74) is 3.25. The van der Waals surface area contributed by atoms with Crippen LogP contribution in [0.1, 0.15) is 18.1 Å². The molecule has 0 heterocycles. The zero-order valence-electron chi connectivity index (χ0n) is 19.1. The maximum absolute atomic E-state index is 13.2. The predicted octanol–water partition coefficient (Wildman–Crippen LogP) is 6.22. The smallest absolute Gasteiger partial charge is 0.203 e. The Kier molecular flexibility index (Phi) is 8.58. The minimum Gasteiger partial charge on any atom is -0.287 e. The van der Waals surface area contributed by atoms with Crippen molar-refractivity contribution in [2.24, 2.45) is 0 Å². The highest BCUT2D eigenvalue weighted by Crippen LogP contribution is 2.22. The Labute approximate surface area is 198 Å². The molecule has 0 aromatic heterocycles. The van der Waals surface area contributed by atoms with Gasteiger partial charge in [-0.25, -0.2) is 8.42 Å². The maximum atomic E-state index is 13.2. The first-order chi connectivity index (χ1) is 15.9. The van der Waals surface area contributed by atoms with Gasteiger partial charge in [0.25, 0.3) is 0 Å². The number of nitrogens with zero attached hydrogens (tertiary/aromatic N) is 1. The molecule has 0 aliphatic rings. The van der Waals surface area contributed by atoms with Crippen molar-refractivity contribution < 1.29 is 8.42 Å². The van der Waals surface area contributed by atoms with E-state index in [2.05, 4.69) is 48.4 Å². The Morgan fingerprint density at radius 2 is 1.36 bits per heavy atom. The second-order valence-corrected chi connectivity index (χ2v) is 10.3. The van der Waals surface area contributed by atoms with Crippen LogP contribution >= 0.6 is 0 Å². The SMILES string of the molecule is C=C(C)/C=C/[C@H](Cc1ccccc1)N(CC(=C)S(=O)(=O)c1ccccc1)Cc1ccccc1. The highest BCUT2D eigenvalue weighted by atomic mass is 32.2. The molecular formula is C29H31NO2S. The molecule has 170 valence electrons. The summed E-state index contributed by atoms with van der Waals surface area (Å²) < 4.78 is 26.4. The van der Waals surface area contributed by atoms with Gasteiger partial charge in [-0.1, -0.05) is 110 Å². The summed E-state index contributed by atoms with van der Waals surface area (Å²) >= 11 is 0. The second-order valence-electron chi connectivity index (χ2n) is 8.21. The summed E-state index contributed by atoms with van der Waals surface area (Å²) in [4.78, 5) is 2.63. The van der Waals surface area contributed by atoms with E-state index in [1.807, 2.05) is 55.5 Å². The Balaban J connectivity index is 1.95. The second kappa shape index (κ2) is 11.6. The van der Waals surface area contributed by atoms with E-state index < -0.39 is 9.84 Å². The fourth-order valence-corrected chi connectivity index (χ4v) is 4.82. The Morgan fingerprint density at radius 1 is 0.848 bits per heavy atom. The zero-order chi connectivity index (χ0) is 23.7. The van der Waals surface area contributed by atoms with Gasteiger partial charge in [-0.3, -0.25) is 4.90 Å². The highest BCUT2D eigenvalue weighted by molar-refractivity contribution is 7.95. The molecule has 0 saturated heterocycles. The molecule has 33 heavy (non-hydrogen) atoms. The molecule has 0 saturated carbocycles. The predicted molar refractivity (Wildman–Crippen MR) is 138 cm³/mol. The maximum Gasteiger partial charge on any atom is 0.203 e. The van der Waals surface area contributed by atoms with Crippen LogP contribution in [0.25, 0.3) is 0 Å². The lowest BCUT2D eigenvalue weighted by Gasteiger charge is -2.31. The number of rotatable bonds is 11. The van der Waals surface area contributed by atoms with Crippen LogP contribution in [0.4, 0.5) is 0 Å². The van der Waals surface area contributed by atoms with E-state index in [0.717, 1.165) is 17.6 Å². The van der Waals surface area contributed by atoms with Gasteiger partial charge in [0.05, 0.1) is 9.80 Å². The van der Waals surface area contributed by atoms with Gasteiger partial charge in [-0.2, -0.15) is 0 Å². The lowest BCUT2D eigenvalue weighted by atomic mass is 10.0. The average molecular weight is 458 g/mol. The quantitative estimate of drug-likeness (QED) is 0.321. The van der Waals surface area contributed by atoms with Crippen molar-refractivity contribution >= 4 is 9.84 Å². The van der Waals surface area contributed by atoms with E-state index in [9.17, 15) is 8.42 Å². The molecule has 0 spiro atoms. The van der Waals surface area contributed by atoms with Crippen LogP contribution in [0.15, 0.2) is 132 Å². The van der Waals surface area contributed by atoms with Crippen LogP contribution < -0.4 is 0 Å². The molecule has 0 N–H and O–H groups in total. The summed E-state index contributed by atoms with van der Waals surface area (Å²) in [6, 6.07) is 28.8. The molecule has 3 aromatic rings. The first kappa shape index (κ1) is 24.4. The minimum atomic E-state index is -3.64. The molecule has 0 unspecified atom stereocenters. The first-order valence-corrected chi connectivity index (χ1v) is 12.5. The molecule has 0 bridgehead atoms. The molecule has 0 radical (unpaired) electrons. The van der Waals surface area contributed by atoms with E-state index in [4.69, 9.17) is 0 Å². The van der Waals surface area contributed by atoms with Crippen molar-refractivity contribution in [2.75, 3.05) is 6.54 Å². The van der Waals surface area contributed by atoms with Crippen LogP contribution in [0.2, 0.25) is 0 Å². The third kappa shape index (κ3) is 7.14. The van der Waals surface area contributed by atoms with E-state index in [-0.39, 0.29) is 22.4 Å². The number of allylic oxidation sites excluding steroid dienone is 2. The molecular weight excluding hydrogens is 426 g/mol. The normalized spacial score (nSPS) is 12.7. The molecule has 4 heteroatoms. The van der Waals surface area contributed by atoms with Crippen LogP contribution in [0.3, 0.4) is 0 Å². The van der Waals surface area contributed by atoms with Crippen molar-refractivity contribution in [3.63, 3.8) is 0 Å². The molecule has 0 aliphatic heterocycles. The number of sulfone groups is 1. The fraction of sp³-hybridized carbons (Fsp3) is 0.172. The number of benzene rings is 3. The van der Waals surface area contributed by atoms with Gasteiger partial charge >= 0.3 is 0 Å². The van der Waals surface area contributed by atoms with Crippen molar-refractivity contribution in [3.05, 3.63) is 138 Å². The average Bonchev–Trinajstić information content (AvgIpc) is 2.83. The molecule has 0 aliphatic carbocycles. The Morgan fingerprint density at radius 3 is 1.91 bits per heavy atom. The molecule has 3 rings (SSSR count). The summed E-state index contributed by atoms with van der Waals surface area (Å²) in [7, 11) is -3.64. The van der Waals surface area contributed by atoms with Crippen molar-refractivity contribution in [2.45, 2.75) is 30.8 Å². The number of hydrogen-bond donors (Lipinski definition) is 0. The van der Waals surface area contributed by atoms with E-state index in [1.54, 1.807) is 24.3 Å². The molecule has 0 amide bonds. The largest absolute Gasteiger partial charge is 0.287 e. The van der Waals surface area contributed by atoms with Gasteiger partial charge < -0.3 is 0 Å². The molecule has 0 fully saturated rings. The summed E-state index contributed by atoms with van der Waals surface area (Å²) in [6.07, 6.45) is 4.86. The monoisotopic (exact) mass is 457 g/mol. The van der Waals surface area contributed by atoms with Gasteiger partial charge in [0.15, 0.2) is 0 Å². The van der Waals surface area contributed by atoms with Crippen molar-refractivity contribution in [3.8, 4) is 0 Å². The minimum absolute atomic E-state index is 0.0352. The Bertz CT molecular complexity index is 1180. The van der Waals surface area contributed by atoms with Gasteiger partial charge in [-0.05, 0) is 36.6 Å². The van der Waals surface area contributed by atoms with Gasteiger partial charge in [0.2, 0.25) is 9.84 Å². The lowest BCUT2D eigenvalue weighted by Crippen LogP contribution is -2.37. The topological polar surface area (TPSA) is 37.4 Å². The van der Waals surface area contributed by atoms with E-state index >= 15 is 0 Å². The highest BCUT2D eigenvalue weighted by Gasteiger charge is 2.24. The summed E-state index contributed by atoms with van der Waals surface area (Å²) in [6.45, 7) is 10.8. The Hall–Kier alpha value is -3.21. The molecule has 1 atom stereocenters. The zero-order valence-corrected chi connectivity index (χ0v) is 19.9. The third-order valence-corrected chi connectivity index (χ3v) is 7.18. The van der Waals surface area contributed by atoms with Gasteiger partial charge in [0.1, 0.15) is 0 Å². The van der Waals surface area contributed by atoms with Gasteiger partial charge in [-0.15, -0.1) is 0 Å². The fourth-order valence-electron chi connectivity index (χ4n) is 3.64. The van der Waals surface area contributed by atoms with Gasteiger partial charge in [0, 0.05) is 19.1 Å². The lowest BCUT2D eigenvalue weighted by molar-refractivity contribution is 0.241. The van der Waals surface area contributed by atoms with E-state index in [1.165, 1.54) is 5.56 Å². The molecule has 3 aromatic carbocycles. The molecule has 3 nitrogen and oxygen atoms in total. The summed E-state index contributed by atoms with van der Waals surface area (Å²) in [5.74, 6) is 0. The standard InChI is InChI=1S/C29H31NO2S/c1-24(2)19-20-28(21-26-13-7-4-8-14-26)30(23-27-15-9-5-10-16-27)22-25(3)33(31,32)29-17-11-6-12-18-29/h4-20,28H,1,3,21-23H2,2H3/b20-19+/t28-/m1/s1. The summed E-state index contributed by atoms with van der Waals surface area (Å²) in [5, 5.41) is 0. The van der Waals surface area contributed by atoms with Crippen molar-refractivity contribution in [1.29, 1.82) is 0 Å². The van der Waals surface area contributed by atoms with Crippen molar-refractivity contribution in [1.82, 2.24) is 4.90 Å². The first-order valence-electron chi connectivity index (χ1n) is 11.0. The van der Waals surface area contributed by atoms with Crippen LogP contribution in [-0.2, 0) is 22.8 Å². The van der Waals surface area contributed by atoms with Crippen LogP contribution in [0.5, 0.6) is 0 Å². The van der Waals surface area contributed by atoms with Crippen LogP contribution in [0, 0.1) is 0 Å². The number of hydrogen-bond acceptors (Lipinski definition) is 3. The third-order valence-electron chi connectivity index (χ3n) is 5.40. The van der Waals surface area contributed by atoms with E-state index in [0.29, 0.717) is 6.54 Å². The van der Waals surface area contributed by atoms with Crippen LogP contribution in [-0.4, -0.2) is 25.9 Å².